The SMILES string of the molecule is O=C[SH]1C(c2cccnc2)=Nc2cncn21. The summed E-state index contributed by atoms with van der Waals surface area (Å²) in [5.74, 6) is 0.733. The summed E-state index contributed by atoms with van der Waals surface area (Å²) in [4.78, 5) is 23.5. The van der Waals surface area contributed by atoms with Crippen molar-refractivity contribution in [1.29, 1.82) is 0 Å². The molecule has 0 spiro atoms. The van der Waals surface area contributed by atoms with Crippen molar-refractivity contribution in [1.82, 2.24) is 13.9 Å². The average Bonchev–Trinajstić information content (AvgIpc) is 2.89. The lowest BCUT2D eigenvalue weighted by Gasteiger charge is -2.11. The summed E-state index contributed by atoms with van der Waals surface area (Å²) in [7, 11) is 0. The molecule has 2 aromatic rings. The molecule has 3 rings (SSSR count). The molecule has 3 heterocycles. The van der Waals surface area contributed by atoms with Crippen LogP contribution in [0.2, 0.25) is 0 Å². The molecule has 0 aliphatic carbocycles. The highest BCUT2D eigenvalue weighted by Crippen LogP contribution is 2.40. The van der Waals surface area contributed by atoms with Crippen molar-refractivity contribution < 1.29 is 4.79 Å². The second kappa shape index (κ2) is 3.57. The fourth-order valence-electron chi connectivity index (χ4n) is 1.58. The molecule has 0 N–H and O–H groups in total. The van der Waals surface area contributed by atoms with Gasteiger partial charge in [-0.25, -0.2) is 9.98 Å². The Bertz CT molecular complexity index is 563. The number of carbonyl (C=O) groups excluding carboxylic acids is 1. The van der Waals surface area contributed by atoms with Crippen LogP contribution < -0.4 is 0 Å². The van der Waals surface area contributed by atoms with Gasteiger partial charge in [-0.3, -0.25) is 13.8 Å². The maximum atomic E-state index is 11.1. The molecule has 0 bridgehead atoms. The monoisotopic (exact) mass is 232 g/mol. The summed E-state index contributed by atoms with van der Waals surface area (Å²) in [6.07, 6.45) is 6.71. The van der Waals surface area contributed by atoms with E-state index in [2.05, 4.69) is 15.0 Å². The van der Waals surface area contributed by atoms with E-state index >= 15 is 0 Å². The van der Waals surface area contributed by atoms with Crippen LogP contribution in [0.3, 0.4) is 0 Å². The van der Waals surface area contributed by atoms with E-state index < -0.39 is 11.1 Å². The van der Waals surface area contributed by atoms with Crippen LogP contribution in [0.4, 0.5) is 5.82 Å². The van der Waals surface area contributed by atoms with Crippen molar-refractivity contribution in [3.05, 3.63) is 42.6 Å². The molecule has 0 aromatic carbocycles. The third-order valence-electron chi connectivity index (χ3n) is 2.29. The van der Waals surface area contributed by atoms with Crippen molar-refractivity contribution in [2.24, 2.45) is 4.99 Å². The first kappa shape index (κ1) is 9.29. The van der Waals surface area contributed by atoms with E-state index in [0.717, 1.165) is 22.0 Å². The lowest BCUT2D eigenvalue weighted by atomic mass is 10.3. The van der Waals surface area contributed by atoms with Crippen LogP contribution in [0.25, 0.3) is 0 Å². The molecule has 2 aromatic heterocycles. The van der Waals surface area contributed by atoms with Crippen molar-refractivity contribution in [3.8, 4) is 0 Å². The number of hydrogen-bond acceptors (Lipinski definition) is 4. The van der Waals surface area contributed by atoms with Gasteiger partial charge in [-0.2, -0.15) is 0 Å². The molecule has 0 fully saturated rings. The average molecular weight is 232 g/mol. The predicted octanol–water partition coefficient (Wildman–Crippen LogP) is 1.32. The molecule has 0 radical (unpaired) electrons. The third-order valence-corrected chi connectivity index (χ3v) is 4.05. The molecule has 1 aliphatic heterocycles. The van der Waals surface area contributed by atoms with Gasteiger partial charge in [-0.05, 0) is 12.1 Å². The molecule has 80 valence electrons. The summed E-state index contributed by atoms with van der Waals surface area (Å²) in [6, 6.07) is 3.74. The normalized spacial score (nSPS) is 20.2. The van der Waals surface area contributed by atoms with E-state index in [9.17, 15) is 4.79 Å². The molecule has 1 aliphatic rings. The molecule has 0 saturated heterocycles. The van der Waals surface area contributed by atoms with E-state index in [1.54, 1.807) is 24.9 Å². The molecule has 0 saturated carbocycles. The van der Waals surface area contributed by atoms with Crippen LogP contribution in [0.5, 0.6) is 0 Å². The molecular weight excluding hydrogens is 224 g/mol. The Balaban J connectivity index is 2.11. The Morgan fingerprint density at radius 3 is 3.00 bits per heavy atom. The van der Waals surface area contributed by atoms with E-state index in [4.69, 9.17) is 0 Å². The Kier molecular flexibility index (Phi) is 2.07. The highest BCUT2D eigenvalue weighted by atomic mass is 32.2. The number of nitrogens with zero attached hydrogens (tertiary/aromatic N) is 4. The van der Waals surface area contributed by atoms with Crippen molar-refractivity contribution in [3.63, 3.8) is 0 Å². The number of fused-ring (bicyclic) bond motifs is 1. The zero-order valence-corrected chi connectivity index (χ0v) is 9.08. The van der Waals surface area contributed by atoms with Gasteiger partial charge < -0.3 is 0 Å². The number of pyridine rings is 1. The van der Waals surface area contributed by atoms with Gasteiger partial charge in [0.1, 0.15) is 11.4 Å². The molecule has 1 unspecified atom stereocenters. The minimum absolute atomic E-state index is 0.733. The highest BCUT2D eigenvalue weighted by Gasteiger charge is 2.23. The van der Waals surface area contributed by atoms with Crippen molar-refractivity contribution in [2.45, 2.75) is 0 Å². The fraction of sp³-hybridized carbons (Fsp3) is 0. The number of thiol groups is 1. The van der Waals surface area contributed by atoms with Crippen molar-refractivity contribution >= 4 is 27.6 Å². The van der Waals surface area contributed by atoms with Crippen LogP contribution in [0.1, 0.15) is 5.56 Å². The van der Waals surface area contributed by atoms with Gasteiger partial charge in [0.15, 0.2) is 11.4 Å². The molecule has 5 nitrogen and oxygen atoms in total. The lowest BCUT2D eigenvalue weighted by Crippen LogP contribution is -2.03. The Morgan fingerprint density at radius 1 is 1.31 bits per heavy atom. The first-order valence-electron chi connectivity index (χ1n) is 4.66. The van der Waals surface area contributed by atoms with E-state index in [-0.39, 0.29) is 0 Å². The second-order valence-electron chi connectivity index (χ2n) is 3.22. The van der Waals surface area contributed by atoms with Gasteiger partial charge in [-0.1, -0.05) is 11.1 Å². The fourth-order valence-corrected chi connectivity index (χ4v) is 3.08. The summed E-state index contributed by atoms with van der Waals surface area (Å²) in [5, 5.41) is 0.788. The predicted molar refractivity (Wildman–Crippen MR) is 63.8 cm³/mol. The van der Waals surface area contributed by atoms with Gasteiger partial charge >= 0.3 is 0 Å². The summed E-state index contributed by atoms with van der Waals surface area (Å²) in [5.41, 5.74) is 1.82. The van der Waals surface area contributed by atoms with E-state index in [0.29, 0.717) is 0 Å². The van der Waals surface area contributed by atoms with Crippen LogP contribution in [0, 0.1) is 0 Å². The zero-order chi connectivity index (χ0) is 11.0. The summed E-state index contributed by atoms with van der Waals surface area (Å²) < 4.78 is 1.81. The van der Waals surface area contributed by atoms with Gasteiger partial charge in [0.25, 0.3) is 0 Å². The standard InChI is InChI=1S/C10H8N4OS/c15-7-16-10(8-2-1-3-11-4-8)13-9-5-12-6-14(9)16/h1-7,16H. The van der Waals surface area contributed by atoms with Gasteiger partial charge in [0, 0.05) is 18.0 Å². The van der Waals surface area contributed by atoms with Crippen LogP contribution >= 0.6 is 11.1 Å². The van der Waals surface area contributed by atoms with E-state index in [1.165, 1.54) is 0 Å². The largest absolute Gasteiger partial charge is 0.291 e. The van der Waals surface area contributed by atoms with Crippen LogP contribution in [-0.4, -0.2) is 24.6 Å². The number of hydrogen-bond donors (Lipinski definition) is 1. The maximum Gasteiger partial charge on any atom is 0.179 e. The quantitative estimate of drug-likeness (QED) is 0.627. The Morgan fingerprint density at radius 2 is 2.25 bits per heavy atom. The van der Waals surface area contributed by atoms with Crippen molar-refractivity contribution in [2.75, 3.05) is 0 Å². The highest BCUT2D eigenvalue weighted by molar-refractivity contribution is 8.39. The van der Waals surface area contributed by atoms with Gasteiger partial charge in [-0.15, -0.1) is 0 Å². The molecule has 6 heteroatoms. The number of aliphatic imine (C=N–C) groups is 1. The van der Waals surface area contributed by atoms with Gasteiger partial charge in [0.05, 0.1) is 6.20 Å². The topological polar surface area (TPSA) is 60.1 Å². The second-order valence-corrected chi connectivity index (χ2v) is 4.98. The number of rotatable bonds is 2. The molecule has 16 heavy (non-hydrogen) atoms. The first-order valence-corrected chi connectivity index (χ1v) is 6.03. The lowest BCUT2D eigenvalue weighted by molar-refractivity contribution is 0.569. The van der Waals surface area contributed by atoms with Crippen LogP contribution in [-0.2, 0) is 4.79 Å². The number of aromatic nitrogens is 3. The number of carbonyl (C=O) groups is 1. The van der Waals surface area contributed by atoms with Crippen LogP contribution in [0.15, 0.2) is 42.0 Å². The maximum absolute atomic E-state index is 11.1. The number of imidazole rings is 1. The summed E-state index contributed by atoms with van der Waals surface area (Å²) in [6.45, 7) is 0. The van der Waals surface area contributed by atoms with E-state index in [1.807, 2.05) is 16.1 Å². The smallest absolute Gasteiger partial charge is 0.179 e. The van der Waals surface area contributed by atoms with Gasteiger partial charge in [0.2, 0.25) is 0 Å². The minimum atomic E-state index is -1.08. The molecule has 1 atom stereocenters. The minimum Gasteiger partial charge on any atom is -0.291 e. The summed E-state index contributed by atoms with van der Waals surface area (Å²) >= 11 is -1.08. The Hall–Kier alpha value is -1.95. The zero-order valence-electron chi connectivity index (χ0n) is 8.19. The molecular formula is C10H8N4OS. The third kappa shape index (κ3) is 1.27. The Labute approximate surface area is 94.4 Å². The first-order chi connectivity index (χ1) is 7.90. The molecule has 0 amide bonds.